The summed E-state index contributed by atoms with van der Waals surface area (Å²) in [6.45, 7) is 8.02. The number of nitrogens with two attached hydrogens (primary N) is 1. The van der Waals surface area contributed by atoms with E-state index in [-0.39, 0.29) is 5.82 Å². The van der Waals surface area contributed by atoms with Crippen LogP contribution in [0.2, 0.25) is 0 Å². The van der Waals surface area contributed by atoms with Crippen LogP contribution in [-0.4, -0.2) is 10.5 Å². The molecule has 2 N–H and O–H groups in total. The maximum atomic E-state index is 14.0. The molecule has 0 aliphatic rings. The molecule has 0 bridgehead atoms. The van der Waals surface area contributed by atoms with Gasteiger partial charge in [0.1, 0.15) is 5.82 Å². The SMILES string of the molecule is C=C/C=C\c1cc(Cn2cc(C(N)=O)c3cc(F)c(C)cc32)ccc1C. The summed E-state index contributed by atoms with van der Waals surface area (Å²) in [5, 5.41) is 0.541. The van der Waals surface area contributed by atoms with Gasteiger partial charge in [-0.15, -0.1) is 0 Å². The van der Waals surface area contributed by atoms with Crippen LogP contribution < -0.4 is 5.73 Å². The third kappa shape index (κ3) is 3.31. The van der Waals surface area contributed by atoms with Gasteiger partial charge >= 0.3 is 0 Å². The van der Waals surface area contributed by atoms with Crippen LogP contribution in [-0.2, 0) is 6.54 Å². The Balaban J connectivity index is 2.09. The number of allylic oxidation sites excluding steroid dienone is 2. The number of nitrogens with zero attached hydrogens (tertiary/aromatic N) is 1. The first-order chi connectivity index (χ1) is 12.4. The van der Waals surface area contributed by atoms with E-state index in [1.807, 2.05) is 22.8 Å². The van der Waals surface area contributed by atoms with Crippen molar-refractivity contribution in [2.24, 2.45) is 5.73 Å². The van der Waals surface area contributed by atoms with Crippen LogP contribution >= 0.6 is 0 Å². The van der Waals surface area contributed by atoms with Gasteiger partial charge in [-0.1, -0.05) is 36.9 Å². The van der Waals surface area contributed by atoms with Crippen molar-refractivity contribution in [3.05, 3.63) is 88.9 Å². The largest absolute Gasteiger partial charge is 0.366 e. The third-order valence-electron chi connectivity index (χ3n) is 4.54. The molecule has 132 valence electrons. The van der Waals surface area contributed by atoms with Crippen molar-refractivity contribution in [3.63, 3.8) is 0 Å². The highest BCUT2D eigenvalue weighted by Crippen LogP contribution is 2.26. The van der Waals surface area contributed by atoms with Gasteiger partial charge in [-0.05, 0) is 54.3 Å². The lowest BCUT2D eigenvalue weighted by molar-refractivity contribution is 0.100. The predicted octanol–water partition coefficient (Wildman–Crippen LogP) is 4.74. The lowest BCUT2D eigenvalue weighted by atomic mass is 10.0. The fraction of sp³-hybridized carbons (Fsp3) is 0.136. The monoisotopic (exact) mass is 348 g/mol. The third-order valence-corrected chi connectivity index (χ3v) is 4.54. The van der Waals surface area contributed by atoms with Gasteiger partial charge in [0, 0.05) is 23.6 Å². The van der Waals surface area contributed by atoms with Crippen molar-refractivity contribution in [1.29, 1.82) is 0 Å². The fourth-order valence-corrected chi connectivity index (χ4v) is 3.08. The summed E-state index contributed by atoms with van der Waals surface area (Å²) in [6.07, 6.45) is 7.34. The van der Waals surface area contributed by atoms with Crippen LogP contribution in [0.25, 0.3) is 17.0 Å². The Bertz CT molecular complexity index is 1040. The molecular weight excluding hydrogens is 327 g/mol. The molecule has 0 unspecified atom stereocenters. The van der Waals surface area contributed by atoms with Crippen molar-refractivity contribution in [2.75, 3.05) is 0 Å². The Hall–Kier alpha value is -3.14. The number of hydrogen-bond acceptors (Lipinski definition) is 1. The number of primary amides is 1. The molecule has 0 atom stereocenters. The van der Waals surface area contributed by atoms with Gasteiger partial charge in [-0.3, -0.25) is 4.79 Å². The number of halogens is 1. The molecule has 3 rings (SSSR count). The molecule has 1 aromatic heterocycles. The van der Waals surface area contributed by atoms with E-state index in [4.69, 9.17) is 5.73 Å². The van der Waals surface area contributed by atoms with Crippen LogP contribution in [0.5, 0.6) is 0 Å². The number of aromatic nitrogens is 1. The zero-order chi connectivity index (χ0) is 18.8. The van der Waals surface area contributed by atoms with Crippen LogP contribution in [0.1, 0.15) is 32.6 Å². The molecule has 26 heavy (non-hydrogen) atoms. The minimum atomic E-state index is -0.560. The minimum absolute atomic E-state index is 0.331. The number of hydrogen-bond donors (Lipinski definition) is 1. The maximum Gasteiger partial charge on any atom is 0.250 e. The quantitative estimate of drug-likeness (QED) is 0.665. The van der Waals surface area contributed by atoms with E-state index in [1.165, 1.54) is 11.6 Å². The Labute approximate surface area is 152 Å². The number of aryl methyl sites for hydroxylation is 2. The second-order valence-electron chi connectivity index (χ2n) is 6.44. The molecule has 0 radical (unpaired) electrons. The van der Waals surface area contributed by atoms with Crippen LogP contribution in [0, 0.1) is 19.7 Å². The van der Waals surface area contributed by atoms with E-state index in [0.29, 0.717) is 23.1 Å². The van der Waals surface area contributed by atoms with Crippen LogP contribution in [0.15, 0.2) is 55.3 Å². The molecule has 0 saturated carbocycles. The van der Waals surface area contributed by atoms with Gasteiger partial charge in [-0.25, -0.2) is 4.39 Å². The maximum absolute atomic E-state index is 14.0. The number of carbonyl (C=O) groups excluding carboxylic acids is 1. The summed E-state index contributed by atoms with van der Waals surface area (Å²) in [5.41, 5.74) is 10.5. The van der Waals surface area contributed by atoms with Gasteiger partial charge in [0.05, 0.1) is 5.56 Å². The highest BCUT2D eigenvalue weighted by molar-refractivity contribution is 6.06. The van der Waals surface area contributed by atoms with Gasteiger partial charge in [-0.2, -0.15) is 0 Å². The number of rotatable bonds is 5. The Morgan fingerprint density at radius 3 is 2.69 bits per heavy atom. The summed E-state index contributed by atoms with van der Waals surface area (Å²) in [4.78, 5) is 11.8. The Kier molecular flexibility index (Phi) is 4.76. The van der Waals surface area contributed by atoms with Crippen molar-refractivity contribution < 1.29 is 9.18 Å². The first-order valence-electron chi connectivity index (χ1n) is 8.38. The standard InChI is InChI=1S/C22H21FN2O/c1-4-5-6-17-10-16(8-7-14(17)2)12-25-13-19(22(24)26)18-11-20(23)15(3)9-21(18)25/h4-11,13H,1,12H2,2-3H3,(H2,24,26)/b6-5-. The van der Waals surface area contributed by atoms with Crippen molar-refractivity contribution in [1.82, 2.24) is 4.57 Å². The van der Waals surface area contributed by atoms with E-state index in [9.17, 15) is 9.18 Å². The van der Waals surface area contributed by atoms with E-state index in [1.54, 1.807) is 25.3 Å². The molecule has 0 fully saturated rings. The highest BCUT2D eigenvalue weighted by Gasteiger charge is 2.15. The van der Waals surface area contributed by atoms with Crippen LogP contribution in [0.4, 0.5) is 4.39 Å². The van der Waals surface area contributed by atoms with E-state index in [0.717, 1.165) is 16.6 Å². The molecule has 1 heterocycles. The van der Waals surface area contributed by atoms with Crippen molar-refractivity contribution in [3.8, 4) is 0 Å². The Morgan fingerprint density at radius 2 is 2.00 bits per heavy atom. The molecule has 1 amide bonds. The molecular formula is C22H21FN2O. The average Bonchev–Trinajstić information content (AvgIpc) is 2.93. The summed E-state index contributed by atoms with van der Waals surface area (Å²) >= 11 is 0. The Morgan fingerprint density at radius 1 is 1.23 bits per heavy atom. The number of carbonyl (C=O) groups is 1. The first-order valence-corrected chi connectivity index (χ1v) is 8.38. The van der Waals surface area contributed by atoms with E-state index >= 15 is 0 Å². The molecule has 0 spiro atoms. The molecule has 3 nitrogen and oxygen atoms in total. The predicted molar refractivity (Wildman–Crippen MR) is 105 cm³/mol. The van der Waals surface area contributed by atoms with E-state index < -0.39 is 5.91 Å². The summed E-state index contributed by atoms with van der Waals surface area (Å²) in [5.74, 6) is -0.902. The minimum Gasteiger partial charge on any atom is -0.366 e. The zero-order valence-corrected chi connectivity index (χ0v) is 14.9. The number of fused-ring (bicyclic) bond motifs is 1. The fourth-order valence-electron chi connectivity index (χ4n) is 3.08. The van der Waals surface area contributed by atoms with Crippen molar-refractivity contribution >= 4 is 22.9 Å². The van der Waals surface area contributed by atoms with Gasteiger partial charge in [0.25, 0.3) is 5.91 Å². The average molecular weight is 348 g/mol. The number of benzene rings is 2. The molecule has 4 heteroatoms. The lowest BCUT2D eigenvalue weighted by Crippen LogP contribution is -2.10. The first kappa shape index (κ1) is 17.7. The molecule has 0 saturated heterocycles. The summed E-state index contributed by atoms with van der Waals surface area (Å²) < 4.78 is 15.9. The van der Waals surface area contributed by atoms with Crippen molar-refractivity contribution in [2.45, 2.75) is 20.4 Å². The smallest absolute Gasteiger partial charge is 0.250 e. The van der Waals surface area contributed by atoms with Gasteiger partial charge < -0.3 is 10.3 Å². The topological polar surface area (TPSA) is 48.0 Å². The van der Waals surface area contributed by atoms with Crippen LogP contribution in [0.3, 0.4) is 0 Å². The van der Waals surface area contributed by atoms with Gasteiger partial charge in [0.2, 0.25) is 0 Å². The second kappa shape index (κ2) is 7.00. The second-order valence-corrected chi connectivity index (χ2v) is 6.44. The molecule has 0 aliphatic carbocycles. The summed E-state index contributed by atoms with van der Waals surface area (Å²) in [7, 11) is 0. The van der Waals surface area contributed by atoms with E-state index in [2.05, 4.69) is 25.6 Å². The molecule has 0 aliphatic heterocycles. The van der Waals surface area contributed by atoms with Gasteiger partial charge in [0.15, 0.2) is 0 Å². The normalized spacial score (nSPS) is 11.3. The number of amides is 1. The summed E-state index contributed by atoms with van der Waals surface area (Å²) in [6, 6.07) is 9.34. The zero-order valence-electron chi connectivity index (χ0n) is 14.9. The molecule has 2 aromatic carbocycles. The molecule has 3 aromatic rings. The lowest BCUT2D eigenvalue weighted by Gasteiger charge is -2.09. The highest BCUT2D eigenvalue weighted by atomic mass is 19.1.